The zero-order valence-corrected chi connectivity index (χ0v) is 27.5. The second kappa shape index (κ2) is 12.7. The Morgan fingerprint density at radius 3 is 2.57 bits per heavy atom. The number of nitrogens with zero attached hydrogens (tertiary/aromatic N) is 5. The molecule has 1 spiro atoms. The van der Waals surface area contributed by atoms with Gasteiger partial charge >= 0.3 is 16.3 Å². The van der Waals surface area contributed by atoms with E-state index in [4.69, 9.17) is 14.2 Å². The molecular formula is C31H36F2N6O7S. The molecular weight excluding hydrogens is 638 g/mol. The lowest BCUT2D eigenvalue weighted by Gasteiger charge is -2.39. The van der Waals surface area contributed by atoms with Gasteiger partial charge in [0.25, 0.3) is 5.56 Å². The van der Waals surface area contributed by atoms with Crippen LogP contribution in [0.1, 0.15) is 58.6 Å². The number of hydrogen-bond donors (Lipinski definition) is 1. The third-order valence-electron chi connectivity index (χ3n) is 8.29. The first-order valence-corrected chi connectivity index (χ1v) is 16.5. The Morgan fingerprint density at radius 2 is 1.94 bits per heavy atom. The summed E-state index contributed by atoms with van der Waals surface area (Å²) < 4.78 is 77.7. The zero-order chi connectivity index (χ0) is 34.3. The minimum absolute atomic E-state index is 0.0282. The number of nitriles is 1. The molecule has 0 saturated carbocycles. The molecule has 47 heavy (non-hydrogen) atoms. The van der Waals surface area contributed by atoms with Crippen LogP contribution in [-0.2, 0) is 19.7 Å². The molecule has 5 rings (SSSR count). The lowest BCUT2D eigenvalue weighted by atomic mass is 9.87. The Balaban J connectivity index is 1.40. The largest absolute Gasteiger partial charge is 0.450 e. The van der Waals surface area contributed by atoms with Gasteiger partial charge < -0.3 is 19.1 Å². The molecule has 1 amide bonds. The van der Waals surface area contributed by atoms with Crippen molar-refractivity contribution in [1.82, 2.24) is 18.8 Å². The van der Waals surface area contributed by atoms with Gasteiger partial charge in [-0.25, -0.2) is 18.6 Å². The maximum Gasteiger partial charge on any atom is 0.410 e. The predicted molar refractivity (Wildman–Crippen MR) is 167 cm³/mol. The van der Waals surface area contributed by atoms with Crippen molar-refractivity contribution in [2.24, 2.45) is 0 Å². The number of fused-ring (bicyclic) bond motifs is 1. The van der Waals surface area contributed by atoms with Crippen LogP contribution in [0.4, 0.5) is 19.3 Å². The van der Waals surface area contributed by atoms with Crippen LogP contribution in [-0.4, -0.2) is 77.8 Å². The van der Waals surface area contributed by atoms with E-state index < -0.39 is 73.2 Å². The van der Waals surface area contributed by atoms with Gasteiger partial charge in [-0.05, 0) is 64.3 Å². The second-order valence-corrected chi connectivity index (χ2v) is 14.4. The van der Waals surface area contributed by atoms with Crippen LogP contribution in [0.3, 0.4) is 0 Å². The number of ether oxygens (including phenoxy) is 3. The van der Waals surface area contributed by atoms with Gasteiger partial charge in [0.15, 0.2) is 23.1 Å². The monoisotopic (exact) mass is 674 g/mol. The second-order valence-electron chi connectivity index (χ2n) is 12.6. The molecule has 3 aromatic rings. The molecule has 2 fully saturated rings. The smallest absolute Gasteiger partial charge is 0.410 e. The maximum absolute atomic E-state index is 16.0. The summed E-state index contributed by atoms with van der Waals surface area (Å²) in [7, 11) is -2.77. The number of carbonyl (C=O) groups is 1. The Kier molecular flexibility index (Phi) is 9.19. The average Bonchev–Trinajstić information content (AvgIpc) is 3.41. The standard InChI is InChI=1S/C31H36F2N6O7S/c1-6-37(5)47(42,43)36-22-8-7-21(32)27(20(22)16-34)45-24-10-9-23-25(26(24)33)28(40)39(18-35-23)19-15-31(44-17-19)11-13-38(14-12-31)29(41)46-30(2,3)4/h7-10,18-19,36H,6,11-15,17H2,1-5H3/t19-/m0/s1. The first-order valence-electron chi connectivity index (χ1n) is 15.0. The molecule has 13 nitrogen and oxygen atoms in total. The van der Waals surface area contributed by atoms with E-state index >= 15 is 4.39 Å². The molecule has 1 N–H and O–H groups in total. The SMILES string of the molecule is CCN(C)S(=O)(=O)Nc1ccc(F)c(Oc2ccc3ncn([C@@H]4COC5(CCN(C(=O)OC(C)(C)C)CC5)C4)c(=O)c3c2F)c1C#N. The Hall–Kier alpha value is -4.33. The summed E-state index contributed by atoms with van der Waals surface area (Å²) in [5.74, 6) is -3.47. The molecule has 2 aliphatic rings. The van der Waals surface area contributed by atoms with Gasteiger partial charge in [0.2, 0.25) is 0 Å². The van der Waals surface area contributed by atoms with E-state index in [1.54, 1.807) is 38.7 Å². The van der Waals surface area contributed by atoms with Crippen molar-refractivity contribution in [3.05, 3.63) is 58.1 Å². The molecule has 3 heterocycles. The topological polar surface area (TPSA) is 156 Å². The Bertz CT molecular complexity index is 1910. The number of anilines is 1. The lowest BCUT2D eigenvalue weighted by Crippen LogP contribution is -2.48. The highest BCUT2D eigenvalue weighted by molar-refractivity contribution is 7.90. The van der Waals surface area contributed by atoms with Crippen LogP contribution in [0.5, 0.6) is 11.5 Å². The van der Waals surface area contributed by atoms with E-state index in [2.05, 4.69) is 9.71 Å². The summed E-state index contributed by atoms with van der Waals surface area (Å²) in [6.07, 6.45) is 2.42. The van der Waals surface area contributed by atoms with Crippen LogP contribution < -0.4 is 15.0 Å². The summed E-state index contributed by atoms with van der Waals surface area (Å²) in [5.41, 5.74) is -2.67. The number of aromatic nitrogens is 2. The zero-order valence-electron chi connectivity index (χ0n) is 26.7. The van der Waals surface area contributed by atoms with Gasteiger partial charge in [-0.2, -0.15) is 18.0 Å². The van der Waals surface area contributed by atoms with Gasteiger partial charge in [-0.1, -0.05) is 6.92 Å². The Labute approximate surface area is 270 Å². The molecule has 0 bridgehead atoms. The van der Waals surface area contributed by atoms with Gasteiger partial charge in [0.1, 0.15) is 22.6 Å². The summed E-state index contributed by atoms with van der Waals surface area (Å²) in [6.45, 7) is 8.13. The van der Waals surface area contributed by atoms with Crippen molar-refractivity contribution in [3.8, 4) is 17.6 Å². The van der Waals surface area contributed by atoms with Gasteiger partial charge in [0, 0.05) is 26.7 Å². The van der Waals surface area contributed by atoms with E-state index in [0.717, 1.165) is 22.5 Å². The van der Waals surface area contributed by atoms with Gasteiger partial charge in [-0.3, -0.25) is 14.1 Å². The number of hydrogen-bond acceptors (Lipinski definition) is 9. The van der Waals surface area contributed by atoms with E-state index in [1.807, 2.05) is 0 Å². The van der Waals surface area contributed by atoms with E-state index in [9.17, 15) is 27.7 Å². The van der Waals surface area contributed by atoms with Crippen LogP contribution in [0.15, 0.2) is 35.4 Å². The molecule has 0 aliphatic carbocycles. The fourth-order valence-electron chi connectivity index (χ4n) is 5.62. The first kappa shape index (κ1) is 34.0. The predicted octanol–water partition coefficient (Wildman–Crippen LogP) is 4.68. The van der Waals surface area contributed by atoms with Crippen LogP contribution in [0, 0.1) is 23.0 Å². The highest BCUT2D eigenvalue weighted by atomic mass is 32.2. The summed E-state index contributed by atoms with van der Waals surface area (Å²) in [4.78, 5) is 32.1. The van der Waals surface area contributed by atoms with Gasteiger partial charge in [-0.15, -0.1) is 0 Å². The normalized spacial score (nSPS) is 18.0. The number of rotatable bonds is 7. The number of halogens is 2. The minimum Gasteiger partial charge on any atom is -0.450 e. The number of benzene rings is 2. The number of piperidine rings is 1. The fraction of sp³-hybridized carbons (Fsp3) is 0.484. The number of amides is 1. The van der Waals surface area contributed by atoms with E-state index in [0.29, 0.717) is 32.4 Å². The van der Waals surface area contributed by atoms with Crippen molar-refractivity contribution in [2.75, 3.05) is 38.0 Å². The summed E-state index contributed by atoms with van der Waals surface area (Å²) in [5, 5.41) is 9.38. The van der Waals surface area contributed by atoms with Crippen LogP contribution >= 0.6 is 0 Å². The lowest BCUT2D eigenvalue weighted by molar-refractivity contribution is -0.0486. The molecule has 0 unspecified atom stereocenters. The average molecular weight is 675 g/mol. The maximum atomic E-state index is 16.0. The van der Waals surface area contributed by atoms with Crippen molar-refractivity contribution in [3.63, 3.8) is 0 Å². The molecule has 0 radical (unpaired) electrons. The highest BCUT2D eigenvalue weighted by Gasteiger charge is 2.45. The molecule has 2 aromatic carbocycles. The third kappa shape index (κ3) is 6.87. The minimum atomic E-state index is -4.08. The van der Waals surface area contributed by atoms with E-state index in [1.165, 1.54) is 24.0 Å². The number of carbonyl (C=O) groups excluding carboxylic acids is 1. The molecule has 2 saturated heterocycles. The van der Waals surface area contributed by atoms with Crippen molar-refractivity contribution < 1.29 is 36.2 Å². The molecule has 252 valence electrons. The quantitative estimate of drug-likeness (QED) is 0.376. The molecule has 1 aromatic heterocycles. The first-order chi connectivity index (χ1) is 22.1. The third-order valence-corrected chi connectivity index (χ3v) is 9.85. The van der Waals surface area contributed by atoms with Crippen molar-refractivity contribution in [1.29, 1.82) is 5.26 Å². The van der Waals surface area contributed by atoms with Crippen LogP contribution in [0.25, 0.3) is 10.9 Å². The van der Waals surface area contributed by atoms with E-state index in [-0.39, 0.29) is 24.4 Å². The summed E-state index contributed by atoms with van der Waals surface area (Å²) >= 11 is 0. The molecule has 16 heteroatoms. The Morgan fingerprint density at radius 1 is 1.23 bits per heavy atom. The van der Waals surface area contributed by atoms with Crippen LogP contribution in [0.2, 0.25) is 0 Å². The molecule has 2 aliphatic heterocycles. The van der Waals surface area contributed by atoms with Crippen molar-refractivity contribution in [2.45, 2.75) is 64.2 Å². The fourth-order valence-corrected chi connectivity index (χ4v) is 6.57. The number of likely N-dealkylation sites (tertiary alicyclic amines) is 1. The summed E-state index contributed by atoms with van der Waals surface area (Å²) in [6, 6.07) is 5.64. The molecule has 1 atom stereocenters. The van der Waals surface area contributed by atoms with Gasteiger partial charge in [0.05, 0.1) is 35.8 Å². The number of nitrogens with one attached hydrogen (secondary N) is 1. The highest BCUT2D eigenvalue weighted by Crippen LogP contribution is 2.41. The van der Waals surface area contributed by atoms with Crippen molar-refractivity contribution >= 4 is 32.9 Å².